The van der Waals surface area contributed by atoms with E-state index in [0.717, 1.165) is 23.0 Å². The van der Waals surface area contributed by atoms with Crippen LogP contribution in [-0.4, -0.2) is 28.3 Å². The number of nitrogens with one attached hydrogen (secondary N) is 1. The number of fused-ring (bicyclic) bond motifs is 1. The molecule has 22 heavy (non-hydrogen) atoms. The third kappa shape index (κ3) is 2.71. The second-order valence-electron chi connectivity index (χ2n) is 6.84. The van der Waals surface area contributed by atoms with Crippen LogP contribution in [0.5, 0.6) is 0 Å². The van der Waals surface area contributed by atoms with Gasteiger partial charge in [-0.15, -0.1) is 0 Å². The summed E-state index contributed by atoms with van der Waals surface area (Å²) in [5.74, 6) is 1.95. The molecule has 0 aliphatic carbocycles. The van der Waals surface area contributed by atoms with Gasteiger partial charge >= 0.3 is 7.12 Å². The zero-order valence-electron chi connectivity index (χ0n) is 13.9. The van der Waals surface area contributed by atoms with Gasteiger partial charge in [-0.2, -0.15) is 0 Å². The van der Waals surface area contributed by atoms with E-state index in [2.05, 4.69) is 56.7 Å². The minimum atomic E-state index is -0.321. The molecule has 3 rings (SSSR count). The van der Waals surface area contributed by atoms with E-state index < -0.39 is 0 Å². The monoisotopic (exact) mass is 298 g/mol. The van der Waals surface area contributed by atoms with Crippen molar-refractivity contribution in [2.75, 3.05) is 0 Å². The number of hydrogen-bond acceptors (Lipinski definition) is 3. The Kier molecular flexibility index (Phi) is 3.65. The van der Waals surface area contributed by atoms with Gasteiger partial charge in [0.1, 0.15) is 5.65 Å². The highest BCUT2D eigenvalue weighted by molar-refractivity contribution is 6.52. The minimum Gasteiger partial charge on any atom is -0.400 e. The Morgan fingerprint density at radius 1 is 1.18 bits per heavy atom. The molecule has 5 heteroatoms. The first-order chi connectivity index (χ1) is 10.3. The smallest absolute Gasteiger partial charge is 0.400 e. The number of hydrogen-bond donors (Lipinski definition) is 1. The van der Waals surface area contributed by atoms with Gasteiger partial charge in [0.15, 0.2) is 0 Å². The molecule has 0 unspecified atom stereocenters. The summed E-state index contributed by atoms with van der Waals surface area (Å²) in [5.41, 5.74) is 2.57. The molecule has 3 heterocycles. The summed E-state index contributed by atoms with van der Waals surface area (Å²) in [5, 5.41) is 1.13. The Labute approximate surface area is 132 Å². The van der Waals surface area contributed by atoms with Crippen LogP contribution in [0, 0.1) is 0 Å². The quantitative estimate of drug-likeness (QED) is 0.877. The Balaban J connectivity index is 1.78. The summed E-state index contributed by atoms with van der Waals surface area (Å²) < 4.78 is 11.9. The van der Waals surface area contributed by atoms with E-state index in [1.165, 1.54) is 5.69 Å². The number of H-pyrrole nitrogens is 1. The number of rotatable bonds is 3. The molecule has 1 fully saturated rings. The van der Waals surface area contributed by atoms with Crippen molar-refractivity contribution in [3.05, 3.63) is 35.6 Å². The van der Waals surface area contributed by atoms with Gasteiger partial charge in [0.2, 0.25) is 0 Å². The number of nitrogens with zero attached hydrogens (tertiary/aromatic N) is 1. The molecule has 1 saturated heterocycles. The van der Waals surface area contributed by atoms with Gasteiger partial charge in [0, 0.05) is 17.3 Å². The van der Waals surface area contributed by atoms with E-state index in [9.17, 15) is 0 Å². The molecule has 0 amide bonds. The topological polar surface area (TPSA) is 47.1 Å². The van der Waals surface area contributed by atoms with Crippen molar-refractivity contribution in [2.24, 2.45) is 0 Å². The lowest BCUT2D eigenvalue weighted by molar-refractivity contribution is 0.00578. The number of aromatic amines is 1. The van der Waals surface area contributed by atoms with Gasteiger partial charge in [0.05, 0.1) is 11.2 Å². The van der Waals surface area contributed by atoms with E-state index in [1.807, 2.05) is 18.2 Å². The molecular formula is C17H23BN2O2. The summed E-state index contributed by atoms with van der Waals surface area (Å²) in [4.78, 5) is 7.77. The molecule has 0 spiro atoms. The van der Waals surface area contributed by atoms with Crippen molar-refractivity contribution in [2.45, 2.75) is 52.2 Å². The number of pyridine rings is 1. The van der Waals surface area contributed by atoms with Crippen LogP contribution in [0.3, 0.4) is 0 Å². The summed E-state index contributed by atoms with van der Waals surface area (Å²) in [6.07, 6.45) is 4.85. The van der Waals surface area contributed by atoms with Gasteiger partial charge < -0.3 is 14.3 Å². The Hall–Kier alpha value is -1.59. The van der Waals surface area contributed by atoms with E-state index >= 15 is 0 Å². The van der Waals surface area contributed by atoms with Crippen LogP contribution in [0.2, 0.25) is 0 Å². The molecule has 1 N–H and O–H groups in total. The normalized spacial score (nSPS) is 20.3. The average molecular weight is 298 g/mol. The van der Waals surface area contributed by atoms with Gasteiger partial charge in [-0.25, -0.2) is 4.98 Å². The fourth-order valence-electron chi connectivity index (χ4n) is 2.53. The third-order valence-corrected chi connectivity index (χ3v) is 4.65. The van der Waals surface area contributed by atoms with Crippen LogP contribution < -0.4 is 0 Å². The fraction of sp³-hybridized carbons (Fsp3) is 0.471. The lowest BCUT2D eigenvalue weighted by atomic mass is 9.89. The van der Waals surface area contributed by atoms with Crippen molar-refractivity contribution < 1.29 is 9.31 Å². The maximum absolute atomic E-state index is 5.96. The summed E-state index contributed by atoms with van der Waals surface area (Å²) >= 11 is 0. The first-order valence-electron chi connectivity index (χ1n) is 7.82. The molecule has 116 valence electrons. The molecule has 0 bridgehead atoms. The molecule has 1 aliphatic rings. The SMILES string of the molecule is CCc1cc2cc(/C=C/B3OC(C)(C)C(C)(C)O3)cnc2[nH]1. The van der Waals surface area contributed by atoms with Gasteiger partial charge in [0.25, 0.3) is 0 Å². The van der Waals surface area contributed by atoms with Crippen LogP contribution >= 0.6 is 0 Å². The highest BCUT2D eigenvalue weighted by Gasteiger charge is 2.49. The van der Waals surface area contributed by atoms with E-state index in [1.54, 1.807) is 0 Å². The van der Waals surface area contributed by atoms with E-state index in [-0.39, 0.29) is 18.3 Å². The largest absolute Gasteiger partial charge is 0.487 e. The van der Waals surface area contributed by atoms with Crippen LogP contribution in [0.25, 0.3) is 17.1 Å². The van der Waals surface area contributed by atoms with Crippen molar-refractivity contribution in [3.63, 3.8) is 0 Å². The Morgan fingerprint density at radius 2 is 1.86 bits per heavy atom. The van der Waals surface area contributed by atoms with E-state index in [4.69, 9.17) is 9.31 Å². The second kappa shape index (κ2) is 5.25. The lowest BCUT2D eigenvalue weighted by Crippen LogP contribution is -2.41. The molecule has 0 atom stereocenters. The van der Waals surface area contributed by atoms with Crippen molar-refractivity contribution >= 4 is 24.2 Å². The van der Waals surface area contributed by atoms with Gasteiger partial charge in [-0.05, 0) is 51.8 Å². The Morgan fingerprint density at radius 3 is 2.50 bits per heavy atom. The predicted octanol–water partition coefficient (Wildman–Crippen LogP) is 3.77. The van der Waals surface area contributed by atoms with Crippen molar-refractivity contribution in [3.8, 4) is 0 Å². The Bertz CT molecular complexity index is 703. The predicted molar refractivity (Wildman–Crippen MR) is 90.6 cm³/mol. The summed E-state index contributed by atoms with van der Waals surface area (Å²) in [7, 11) is -0.321. The zero-order valence-corrected chi connectivity index (χ0v) is 13.9. The maximum atomic E-state index is 5.96. The zero-order chi connectivity index (χ0) is 16.0. The van der Waals surface area contributed by atoms with Gasteiger partial charge in [-0.3, -0.25) is 0 Å². The molecule has 2 aromatic rings. The van der Waals surface area contributed by atoms with E-state index in [0.29, 0.717) is 0 Å². The van der Waals surface area contributed by atoms with Gasteiger partial charge in [-0.1, -0.05) is 19.0 Å². The lowest BCUT2D eigenvalue weighted by Gasteiger charge is -2.32. The second-order valence-corrected chi connectivity index (χ2v) is 6.84. The number of aryl methyl sites for hydroxylation is 1. The van der Waals surface area contributed by atoms with Crippen molar-refractivity contribution in [1.29, 1.82) is 0 Å². The molecular weight excluding hydrogens is 275 g/mol. The third-order valence-electron chi connectivity index (χ3n) is 4.65. The van der Waals surface area contributed by atoms with Crippen LogP contribution in [0.15, 0.2) is 24.3 Å². The van der Waals surface area contributed by atoms with Crippen LogP contribution in [0.1, 0.15) is 45.9 Å². The molecule has 1 aliphatic heterocycles. The molecule has 0 aromatic carbocycles. The van der Waals surface area contributed by atoms with Crippen LogP contribution in [0.4, 0.5) is 0 Å². The molecule has 0 saturated carbocycles. The first-order valence-corrected chi connectivity index (χ1v) is 7.82. The van der Waals surface area contributed by atoms with Crippen molar-refractivity contribution in [1.82, 2.24) is 9.97 Å². The fourth-order valence-corrected chi connectivity index (χ4v) is 2.53. The number of aromatic nitrogens is 2. The highest BCUT2D eigenvalue weighted by Crippen LogP contribution is 2.37. The molecule has 0 radical (unpaired) electrons. The highest BCUT2D eigenvalue weighted by atomic mass is 16.7. The molecule has 2 aromatic heterocycles. The summed E-state index contributed by atoms with van der Waals surface area (Å²) in [6, 6.07) is 4.27. The first kappa shape index (κ1) is 15.3. The minimum absolute atomic E-state index is 0.305. The molecule has 4 nitrogen and oxygen atoms in total. The average Bonchev–Trinajstić information content (AvgIpc) is 2.94. The standard InChI is InChI=1S/C17H23BN2O2/c1-6-14-10-13-9-12(11-19-15(13)20-14)7-8-18-21-16(2,3)17(4,5)22-18/h7-11H,6H2,1-5H3,(H,19,20)/b8-7+. The van der Waals surface area contributed by atoms with Crippen LogP contribution in [-0.2, 0) is 15.7 Å². The summed E-state index contributed by atoms with van der Waals surface area (Å²) in [6.45, 7) is 10.4. The maximum Gasteiger partial charge on any atom is 0.487 e.